The van der Waals surface area contributed by atoms with Crippen LogP contribution in [0.4, 0.5) is 24.5 Å². The molecule has 8 heteroatoms. The predicted octanol–water partition coefficient (Wildman–Crippen LogP) is 4.27. The van der Waals surface area contributed by atoms with E-state index < -0.39 is 22.6 Å². The summed E-state index contributed by atoms with van der Waals surface area (Å²) in [7, 11) is 0. The second-order valence-corrected chi connectivity index (χ2v) is 4.75. The van der Waals surface area contributed by atoms with Gasteiger partial charge >= 0.3 is 6.18 Å². The van der Waals surface area contributed by atoms with Crippen molar-refractivity contribution < 1.29 is 22.9 Å². The van der Waals surface area contributed by atoms with Crippen LogP contribution in [0.2, 0.25) is 0 Å². The molecule has 0 aliphatic rings. The van der Waals surface area contributed by atoms with Gasteiger partial charge in [0.1, 0.15) is 0 Å². The summed E-state index contributed by atoms with van der Waals surface area (Å²) < 4.78 is 37.3. The lowest BCUT2D eigenvalue weighted by Gasteiger charge is -2.07. The first-order valence-corrected chi connectivity index (χ1v) is 6.66. The van der Waals surface area contributed by atoms with Gasteiger partial charge in [0.05, 0.1) is 10.5 Å². The van der Waals surface area contributed by atoms with Gasteiger partial charge in [-0.05, 0) is 35.9 Å². The third-order valence-electron chi connectivity index (χ3n) is 2.99. The minimum absolute atomic E-state index is 0.111. The minimum atomic E-state index is -4.44. The van der Waals surface area contributed by atoms with Gasteiger partial charge in [0.15, 0.2) is 0 Å². The van der Waals surface area contributed by atoms with Crippen molar-refractivity contribution in [1.29, 1.82) is 0 Å². The van der Waals surface area contributed by atoms with Crippen molar-refractivity contribution in [2.24, 2.45) is 0 Å². The van der Waals surface area contributed by atoms with Crippen molar-refractivity contribution in [3.05, 3.63) is 75.8 Å². The fourth-order valence-corrected chi connectivity index (χ4v) is 1.84. The number of nitrogens with zero attached hydrogens (tertiary/aromatic N) is 1. The molecule has 1 N–H and O–H groups in total. The second kappa shape index (κ2) is 6.95. The zero-order chi connectivity index (χ0) is 17.7. The highest BCUT2D eigenvalue weighted by atomic mass is 19.4. The molecule has 0 atom stereocenters. The molecule has 0 unspecified atom stereocenters. The smallest absolute Gasteiger partial charge is 0.323 e. The molecule has 2 aromatic rings. The van der Waals surface area contributed by atoms with Gasteiger partial charge in [-0.15, -0.1) is 0 Å². The van der Waals surface area contributed by atoms with Crippen LogP contribution in [0.1, 0.15) is 11.1 Å². The fourth-order valence-electron chi connectivity index (χ4n) is 1.84. The average Bonchev–Trinajstić information content (AvgIpc) is 2.53. The Hall–Kier alpha value is -3.16. The summed E-state index contributed by atoms with van der Waals surface area (Å²) in [4.78, 5) is 21.8. The number of hydrogen-bond donors (Lipinski definition) is 1. The van der Waals surface area contributed by atoms with Gasteiger partial charge in [0.2, 0.25) is 5.91 Å². The highest BCUT2D eigenvalue weighted by Crippen LogP contribution is 2.29. The maximum atomic E-state index is 12.4. The maximum Gasteiger partial charge on any atom is 0.416 e. The Bertz CT molecular complexity index is 784. The third kappa shape index (κ3) is 4.67. The molecule has 0 spiro atoms. The normalized spacial score (nSPS) is 11.5. The predicted molar refractivity (Wildman–Crippen MR) is 82.2 cm³/mol. The van der Waals surface area contributed by atoms with Gasteiger partial charge in [-0.3, -0.25) is 14.9 Å². The molecule has 2 aromatic carbocycles. The van der Waals surface area contributed by atoms with Gasteiger partial charge in [-0.25, -0.2) is 0 Å². The number of rotatable bonds is 4. The van der Waals surface area contributed by atoms with E-state index >= 15 is 0 Å². The largest absolute Gasteiger partial charge is 0.416 e. The first-order valence-electron chi connectivity index (χ1n) is 6.66. The highest BCUT2D eigenvalue weighted by Gasteiger charge is 2.29. The fraction of sp³-hybridized carbons (Fsp3) is 0.0625. The first-order chi connectivity index (χ1) is 11.3. The molecule has 0 aliphatic carbocycles. The van der Waals surface area contributed by atoms with Gasteiger partial charge in [-0.1, -0.05) is 12.1 Å². The molecule has 1 amide bonds. The lowest BCUT2D eigenvalue weighted by molar-refractivity contribution is -0.384. The van der Waals surface area contributed by atoms with E-state index in [2.05, 4.69) is 5.32 Å². The molecule has 124 valence electrons. The topological polar surface area (TPSA) is 72.2 Å². The van der Waals surface area contributed by atoms with E-state index in [0.29, 0.717) is 5.56 Å². The summed E-state index contributed by atoms with van der Waals surface area (Å²) in [6.07, 6.45) is -1.94. The molecule has 0 saturated heterocycles. The Morgan fingerprint density at radius 1 is 1.12 bits per heavy atom. The number of nitro groups is 1. The second-order valence-electron chi connectivity index (χ2n) is 4.75. The molecule has 0 aromatic heterocycles. The number of carbonyl (C=O) groups excluding carboxylic acids is 1. The van der Waals surface area contributed by atoms with Crippen LogP contribution >= 0.6 is 0 Å². The van der Waals surface area contributed by atoms with Gasteiger partial charge in [0.25, 0.3) is 5.69 Å². The Balaban J connectivity index is 2.03. The van der Waals surface area contributed by atoms with Crippen LogP contribution in [0, 0.1) is 10.1 Å². The zero-order valence-electron chi connectivity index (χ0n) is 12.1. The Kier molecular flexibility index (Phi) is 4.98. The molecule has 0 heterocycles. The van der Waals surface area contributed by atoms with E-state index in [1.807, 2.05) is 0 Å². The Morgan fingerprint density at radius 2 is 1.79 bits per heavy atom. The van der Waals surface area contributed by atoms with Crippen LogP contribution in [0.5, 0.6) is 0 Å². The SMILES string of the molecule is O=C(C=Cc1cccc([N+](=O)[O-])c1)Nc1ccc(C(F)(F)F)cc1. The molecule has 0 saturated carbocycles. The van der Waals surface area contributed by atoms with Gasteiger partial charge in [-0.2, -0.15) is 13.2 Å². The number of nitro benzene ring substituents is 1. The lowest BCUT2D eigenvalue weighted by Crippen LogP contribution is -2.09. The number of hydrogen-bond acceptors (Lipinski definition) is 3. The van der Waals surface area contributed by atoms with Crippen molar-refractivity contribution in [2.45, 2.75) is 6.18 Å². The number of carbonyl (C=O) groups is 1. The highest BCUT2D eigenvalue weighted by molar-refractivity contribution is 6.01. The van der Waals surface area contributed by atoms with Crippen LogP contribution in [0.15, 0.2) is 54.6 Å². The van der Waals surface area contributed by atoms with E-state index in [0.717, 1.165) is 30.3 Å². The Morgan fingerprint density at radius 3 is 2.38 bits per heavy atom. The molecule has 5 nitrogen and oxygen atoms in total. The summed E-state index contributed by atoms with van der Waals surface area (Å²) in [6.45, 7) is 0. The molecule has 2 rings (SSSR count). The molecule has 0 radical (unpaired) electrons. The number of benzene rings is 2. The lowest BCUT2D eigenvalue weighted by atomic mass is 10.2. The standard InChI is InChI=1S/C16H11F3N2O3/c17-16(18,19)12-5-7-13(8-6-12)20-15(22)9-4-11-2-1-3-14(10-11)21(23)24/h1-10H,(H,20,22). The summed E-state index contributed by atoms with van der Waals surface area (Å²) in [5, 5.41) is 13.1. The van der Waals surface area contributed by atoms with E-state index in [4.69, 9.17) is 0 Å². The Labute approximate surface area is 134 Å². The van der Waals surface area contributed by atoms with E-state index in [-0.39, 0.29) is 11.4 Å². The summed E-state index contributed by atoms with van der Waals surface area (Å²) in [5.74, 6) is -0.568. The summed E-state index contributed by atoms with van der Waals surface area (Å²) in [6, 6.07) is 9.67. The minimum Gasteiger partial charge on any atom is -0.323 e. The maximum absolute atomic E-state index is 12.4. The summed E-state index contributed by atoms with van der Waals surface area (Å²) in [5.41, 5.74) is -0.267. The number of non-ortho nitro benzene ring substituents is 1. The number of amides is 1. The number of anilines is 1. The third-order valence-corrected chi connectivity index (χ3v) is 2.99. The zero-order valence-corrected chi connectivity index (χ0v) is 12.1. The van der Waals surface area contributed by atoms with E-state index in [1.54, 1.807) is 6.07 Å². The van der Waals surface area contributed by atoms with Crippen molar-refractivity contribution in [3.63, 3.8) is 0 Å². The van der Waals surface area contributed by atoms with Gasteiger partial charge in [0, 0.05) is 23.9 Å². The van der Waals surface area contributed by atoms with Crippen LogP contribution < -0.4 is 5.32 Å². The van der Waals surface area contributed by atoms with Crippen molar-refractivity contribution >= 4 is 23.4 Å². The van der Waals surface area contributed by atoms with Crippen LogP contribution in [0.25, 0.3) is 6.08 Å². The quantitative estimate of drug-likeness (QED) is 0.515. The van der Waals surface area contributed by atoms with Crippen LogP contribution in [0.3, 0.4) is 0 Å². The molecule has 0 aliphatic heterocycles. The molecule has 24 heavy (non-hydrogen) atoms. The van der Waals surface area contributed by atoms with Crippen molar-refractivity contribution in [1.82, 2.24) is 0 Å². The average molecular weight is 336 g/mol. The first kappa shape index (κ1) is 17.2. The number of alkyl halides is 3. The van der Waals surface area contributed by atoms with E-state index in [9.17, 15) is 28.1 Å². The summed E-state index contributed by atoms with van der Waals surface area (Å²) >= 11 is 0. The van der Waals surface area contributed by atoms with Crippen LogP contribution in [-0.4, -0.2) is 10.8 Å². The molecular formula is C16H11F3N2O3. The molecule has 0 fully saturated rings. The van der Waals surface area contributed by atoms with E-state index in [1.165, 1.54) is 24.3 Å². The number of halogens is 3. The number of nitrogens with one attached hydrogen (secondary N) is 1. The van der Waals surface area contributed by atoms with Crippen LogP contribution in [-0.2, 0) is 11.0 Å². The molecule has 0 bridgehead atoms. The van der Waals surface area contributed by atoms with Gasteiger partial charge < -0.3 is 5.32 Å². The monoisotopic (exact) mass is 336 g/mol. The van der Waals surface area contributed by atoms with Crippen molar-refractivity contribution in [2.75, 3.05) is 5.32 Å². The van der Waals surface area contributed by atoms with Crippen molar-refractivity contribution in [3.8, 4) is 0 Å². The molecular weight excluding hydrogens is 325 g/mol.